The first kappa shape index (κ1) is 34.8. The maximum atomic E-state index is 13.6. The summed E-state index contributed by atoms with van der Waals surface area (Å²) in [6, 6.07) is 50.9. The highest BCUT2D eigenvalue weighted by Gasteiger charge is 2.14. The lowest BCUT2D eigenvalue weighted by Crippen LogP contribution is -2.18. The van der Waals surface area contributed by atoms with Crippen molar-refractivity contribution in [2.45, 2.75) is 39.8 Å². The zero-order chi connectivity index (χ0) is 34.9. The van der Waals surface area contributed by atoms with Gasteiger partial charge in [0.25, 0.3) is 0 Å². The number of ketones is 1. The molecule has 3 heteroatoms. The molecule has 0 radical (unpaired) electrons. The van der Waals surface area contributed by atoms with Crippen LogP contribution in [0.2, 0.25) is 0 Å². The van der Waals surface area contributed by atoms with Crippen LogP contribution in [0, 0.1) is 0 Å². The van der Waals surface area contributed by atoms with Gasteiger partial charge in [0.05, 0.1) is 0 Å². The number of carbonyl (C=O) groups excluding carboxylic acids is 1. The molecule has 0 aliphatic carbocycles. The van der Waals surface area contributed by atoms with Crippen molar-refractivity contribution in [3.63, 3.8) is 0 Å². The molecular weight excluding hydrogens is 609 g/mol. The fourth-order valence-corrected chi connectivity index (χ4v) is 6.87. The Balaban J connectivity index is 1.17. The summed E-state index contributed by atoms with van der Waals surface area (Å²) in [6.45, 7) is 8.52. The fraction of sp³-hybridized carbons (Fsp3) is 0.213. The van der Waals surface area contributed by atoms with Crippen LogP contribution in [0.4, 0.5) is 0 Å². The quantitative estimate of drug-likeness (QED) is 0.109. The van der Waals surface area contributed by atoms with Gasteiger partial charge in [-0.25, -0.2) is 0 Å². The van der Waals surface area contributed by atoms with Gasteiger partial charge in [-0.1, -0.05) is 159 Å². The predicted molar refractivity (Wildman–Crippen MR) is 211 cm³/mol. The summed E-state index contributed by atoms with van der Waals surface area (Å²) < 4.78 is 0. The maximum absolute atomic E-state index is 13.6. The molecule has 0 unspecified atom stereocenters. The second-order valence-electron chi connectivity index (χ2n) is 13.4. The first-order valence-electron chi connectivity index (χ1n) is 17.9. The monoisotopic (exact) mass is 656 g/mol. The second kappa shape index (κ2) is 16.5. The molecule has 0 saturated carbocycles. The minimum absolute atomic E-state index is 0.0249. The Labute approximate surface area is 298 Å². The van der Waals surface area contributed by atoms with E-state index in [0.29, 0.717) is 11.1 Å². The lowest BCUT2D eigenvalue weighted by atomic mass is 9.92. The van der Waals surface area contributed by atoms with Gasteiger partial charge in [0.15, 0.2) is 5.78 Å². The zero-order valence-electron chi connectivity index (χ0n) is 29.9. The van der Waals surface area contributed by atoms with Crippen molar-refractivity contribution >= 4 is 5.78 Å². The minimum Gasteiger partial charge on any atom is -0.302 e. The molecular formula is C47H48N2O. The van der Waals surface area contributed by atoms with E-state index in [9.17, 15) is 4.79 Å². The van der Waals surface area contributed by atoms with Gasteiger partial charge in [0.2, 0.25) is 0 Å². The van der Waals surface area contributed by atoms with Crippen molar-refractivity contribution in [2.24, 2.45) is 0 Å². The summed E-state index contributed by atoms with van der Waals surface area (Å²) >= 11 is 0. The van der Waals surface area contributed by atoms with Gasteiger partial charge in [-0.3, -0.25) is 4.79 Å². The van der Waals surface area contributed by atoms with Crippen LogP contribution in [0.15, 0.2) is 146 Å². The van der Waals surface area contributed by atoms with Crippen LogP contribution < -0.4 is 0 Å². The van der Waals surface area contributed by atoms with Gasteiger partial charge < -0.3 is 9.80 Å². The number of hydrogen-bond acceptors (Lipinski definition) is 3. The van der Waals surface area contributed by atoms with E-state index in [0.717, 1.165) is 61.3 Å². The van der Waals surface area contributed by atoms with E-state index in [1.54, 1.807) is 0 Å². The molecule has 0 aliphatic heterocycles. The summed E-state index contributed by atoms with van der Waals surface area (Å²) in [7, 11) is 4.34. The molecule has 0 saturated heterocycles. The standard InChI is InChI=1S/C47H48N2O/c1-5-31-48(3)33-35-15-19-37(20-16-35)43-11-7-9-13-45(43)39-23-27-41(28-24-39)47(50)42-29-25-40(26-30-42)46-14-10-8-12-44(46)38-21-17-36(18-22-38)34-49(4)32-6-2/h7-30H,5-6,31-34H2,1-4H3. The van der Waals surface area contributed by atoms with Crippen molar-refractivity contribution in [1.82, 2.24) is 9.80 Å². The van der Waals surface area contributed by atoms with Crippen LogP contribution in [0.25, 0.3) is 44.5 Å². The Morgan fingerprint density at radius 3 is 0.980 bits per heavy atom. The van der Waals surface area contributed by atoms with Gasteiger partial charge in [-0.15, -0.1) is 0 Å². The molecule has 6 rings (SSSR count). The second-order valence-corrected chi connectivity index (χ2v) is 13.4. The van der Waals surface area contributed by atoms with Crippen molar-refractivity contribution < 1.29 is 4.79 Å². The number of hydrogen-bond donors (Lipinski definition) is 0. The van der Waals surface area contributed by atoms with Crippen LogP contribution in [0.3, 0.4) is 0 Å². The first-order valence-corrected chi connectivity index (χ1v) is 17.9. The molecule has 0 spiro atoms. The number of nitrogens with zero attached hydrogens (tertiary/aromatic N) is 2. The highest BCUT2D eigenvalue weighted by atomic mass is 16.1. The molecule has 3 nitrogen and oxygen atoms in total. The molecule has 0 N–H and O–H groups in total. The van der Waals surface area contributed by atoms with Gasteiger partial charge in [-0.2, -0.15) is 0 Å². The SMILES string of the molecule is CCCN(C)Cc1ccc(-c2ccccc2-c2ccc(C(=O)c3ccc(-c4ccccc4-c4ccc(CN(C)CCC)cc4)cc3)cc2)cc1. The number of rotatable bonds is 14. The number of carbonyl (C=O) groups is 1. The van der Waals surface area contributed by atoms with Crippen LogP contribution in [-0.2, 0) is 13.1 Å². The third-order valence-electron chi connectivity index (χ3n) is 9.42. The Morgan fingerprint density at radius 1 is 0.420 bits per heavy atom. The maximum Gasteiger partial charge on any atom is 0.193 e. The lowest BCUT2D eigenvalue weighted by Gasteiger charge is -2.16. The largest absolute Gasteiger partial charge is 0.302 e. The summed E-state index contributed by atoms with van der Waals surface area (Å²) in [5.74, 6) is 0.0249. The topological polar surface area (TPSA) is 23.6 Å². The van der Waals surface area contributed by atoms with Crippen molar-refractivity contribution in [3.8, 4) is 44.5 Å². The van der Waals surface area contributed by atoms with E-state index in [-0.39, 0.29) is 5.78 Å². The molecule has 0 aromatic heterocycles. The molecule has 0 heterocycles. The molecule has 0 aliphatic rings. The van der Waals surface area contributed by atoms with E-state index in [2.05, 4.69) is 159 Å². The normalized spacial score (nSPS) is 11.3. The minimum atomic E-state index is 0.0249. The van der Waals surface area contributed by atoms with Crippen LogP contribution >= 0.6 is 0 Å². The van der Waals surface area contributed by atoms with Gasteiger partial charge in [-0.05, 0) is 95.7 Å². The van der Waals surface area contributed by atoms with Gasteiger partial charge in [0, 0.05) is 24.2 Å². The zero-order valence-corrected chi connectivity index (χ0v) is 29.9. The molecule has 0 fully saturated rings. The molecule has 50 heavy (non-hydrogen) atoms. The van der Waals surface area contributed by atoms with E-state index >= 15 is 0 Å². The smallest absolute Gasteiger partial charge is 0.193 e. The van der Waals surface area contributed by atoms with E-state index in [1.165, 1.54) is 33.4 Å². The Morgan fingerprint density at radius 2 is 0.700 bits per heavy atom. The highest BCUT2D eigenvalue weighted by molar-refractivity contribution is 6.09. The average Bonchev–Trinajstić information content (AvgIpc) is 3.15. The molecule has 0 bridgehead atoms. The van der Waals surface area contributed by atoms with Crippen LogP contribution in [0.1, 0.15) is 53.7 Å². The summed E-state index contributed by atoms with van der Waals surface area (Å²) in [4.78, 5) is 18.3. The third-order valence-corrected chi connectivity index (χ3v) is 9.42. The molecule has 0 atom stereocenters. The predicted octanol–water partition coefficient (Wildman–Crippen LogP) is 11.3. The summed E-state index contributed by atoms with van der Waals surface area (Å²) in [6.07, 6.45) is 2.31. The van der Waals surface area contributed by atoms with Crippen LogP contribution in [0.5, 0.6) is 0 Å². The van der Waals surface area contributed by atoms with Crippen molar-refractivity contribution in [1.29, 1.82) is 0 Å². The van der Waals surface area contributed by atoms with Crippen molar-refractivity contribution in [2.75, 3.05) is 27.2 Å². The highest BCUT2D eigenvalue weighted by Crippen LogP contribution is 2.34. The van der Waals surface area contributed by atoms with E-state index in [4.69, 9.17) is 0 Å². The molecule has 252 valence electrons. The Hall–Kier alpha value is -5.09. The third kappa shape index (κ3) is 8.37. The lowest BCUT2D eigenvalue weighted by molar-refractivity contribution is 0.103. The number of benzene rings is 6. The average molecular weight is 657 g/mol. The fourth-order valence-electron chi connectivity index (χ4n) is 6.87. The molecule has 6 aromatic carbocycles. The molecule has 6 aromatic rings. The van der Waals surface area contributed by atoms with Gasteiger partial charge >= 0.3 is 0 Å². The summed E-state index contributed by atoms with van der Waals surface area (Å²) in [5.41, 5.74) is 13.3. The van der Waals surface area contributed by atoms with Gasteiger partial charge in [0.1, 0.15) is 0 Å². The van der Waals surface area contributed by atoms with E-state index in [1.807, 2.05) is 24.3 Å². The Kier molecular flexibility index (Phi) is 11.5. The van der Waals surface area contributed by atoms with E-state index < -0.39 is 0 Å². The summed E-state index contributed by atoms with van der Waals surface area (Å²) in [5, 5.41) is 0. The molecule has 0 amide bonds. The van der Waals surface area contributed by atoms with Crippen molar-refractivity contribution in [3.05, 3.63) is 168 Å². The first-order chi connectivity index (χ1) is 24.4. The van der Waals surface area contributed by atoms with Crippen LogP contribution in [-0.4, -0.2) is 42.8 Å². The Bertz CT molecular complexity index is 1850.